The lowest BCUT2D eigenvalue weighted by atomic mass is 10.1. The summed E-state index contributed by atoms with van der Waals surface area (Å²) in [6, 6.07) is 1.47. The van der Waals surface area contributed by atoms with E-state index in [9.17, 15) is 0 Å². The van der Waals surface area contributed by atoms with Crippen molar-refractivity contribution in [1.82, 2.24) is 4.98 Å². The number of nitrogens with two attached hydrogens (primary N) is 2. The molecule has 0 unspecified atom stereocenters. The zero-order valence-electron chi connectivity index (χ0n) is 6.99. The summed E-state index contributed by atoms with van der Waals surface area (Å²) in [6.45, 7) is 1.78. The van der Waals surface area contributed by atoms with Crippen LogP contribution in [0, 0.1) is 6.92 Å². The molecule has 1 aromatic rings. The average Bonchev–Trinajstić information content (AvgIpc) is 2.08. The highest BCUT2D eigenvalue weighted by atomic mass is 16.3. The van der Waals surface area contributed by atoms with Crippen molar-refractivity contribution in [3.05, 3.63) is 23.4 Å². The fourth-order valence-electron chi connectivity index (χ4n) is 0.915. The van der Waals surface area contributed by atoms with E-state index in [2.05, 4.69) is 4.98 Å². The lowest BCUT2D eigenvalue weighted by molar-refractivity contribution is 0.268. The van der Waals surface area contributed by atoms with Crippen LogP contribution >= 0.6 is 0 Å². The molecule has 0 radical (unpaired) electrons. The molecule has 0 aromatic carbocycles. The van der Waals surface area contributed by atoms with Crippen LogP contribution in [0.2, 0.25) is 0 Å². The van der Waals surface area contributed by atoms with Crippen LogP contribution in [0.1, 0.15) is 17.2 Å². The number of aliphatic hydroxyl groups excluding tert-OH is 1. The maximum atomic E-state index is 8.76. The first kappa shape index (κ1) is 8.96. The highest BCUT2D eigenvalue weighted by molar-refractivity contribution is 5.40. The maximum Gasteiger partial charge on any atom is 0.126 e. The molecule has 0 aliphatic rings. The van der Waals surface area contributed by atoms with Crippen LogP contribution in [-0.4, -0.2) is 16.7 Å². The zero-order valence-corrected chi connectivity index (χ0v) is 6.99. The lowest BCUT2D eigenvalue weighted by Crippen LogP contribution is -2.15. The molecular weight excluding hydrogens is 154 g/mol. The average molecular weight is 167 g/mol. The van der Waals surface area contributed by atoms with Gasteiger partial charge in [0.2, 0.25) is 0 Å². The third kappa shape index (κ3) is 1.72. The molecular formula is C8H13N3O. The molecule has 0 saturated carbocycles. The number of aliphatic hydroxyl groups is 1. The molecule has 0 fully saturated rings. The van der Waals surface area contributed by atoms with Crippen LogP contribution < -0.4 is 11.5 Å². The van der Waals surface area contributed by atoms with Crippen LogP contribution in [0.3, 0.4) is 0 Å². The smallest absolute Gasteiger partial charge is 0.126 e. The predicted molar refractivity (Wildman–Crippen MR) is 47.4 cm³/mol. The number of aromatic nitrogens is 1. The standard InChI is InChI=1S/C8H13N3O/c1-5-2-6(7(9)4-12)3-11-8(5)10/h2-3,7,12H,4,9H2,1H3,(H2,10,11)/t7-/m0/s1. The first-order valence-electron chi connectivity index (χ1n) is 3.73. The number of nitrogen functional groups attached to an aromatic ring is 1. The minimum absolute atomic E-state index is 0.0783. The second-order valence-corrected chi connectivity index (χ2v) is 2.76. The van der Waals surface area contributed by atoms with E-state index < -0.39 is 0 Å². The summed E-state index contributed by atoms with van der Waals surface area (Å²) in [5.41, 5.74) is 12.8. The van der Waals surface area contributed by atoms with E-state index in [0.717, 1.165) is 11.1 Å². The molecule has 0 bridgehead atoms. The Labute approximate surface area is 71.2 Å². The van der Waals surface area contributed by atoms with Crippen LogP contribution in [0.25, 0.3) is 0 Å². The van der Waals surface area contributed by atoms with Gasteiger partial charge in [-0.2, -0.15) is 0 Å². The van der Waals surface area contributed by atoms with Gasteiger partial charge in [0.25, 0.3) is 0 Å². The predicted octanol–water partition coefficient (Wildman–Crippen LogP) is -0.0357. The maximum absolute atomic E-state index is 8.76. The molecule has 1 rings (SSSR count). The fourth-order valence-corrected chi connectivity index (χ4v) is 0.915. The highest BCUT2D eigenvalue weighted by Crippen LogP contribution is 2.13. The molecule has 4 heteroatoms. The fraction of sp³-hybridized carbons (Fsp3) is 0.375. The van der Waals surface area contributed by atoms with Crippen molar-refractivity contribution in [2.75, 3.05) is 12.3 Å². The van der Waals surface area contributed by atoms with Gasteiger partial charge in [0.15, 0.2) is 0 Å². The normalized spacial score (nSPS) is 12.9. The molecule has 12 heavy (non-hydrogen) atoms. The van der Waals surface area contributed by atoms with E-state index in [1.807, 2.05) is 13.0 Å². The Bertz CT molecular complexity index is 275. The van der Waals surface area contributed by atoms with E-state index >= 15 is 0 Å². The molecule has 66 valence electrons. The summed E-state index contributed by atoms with van der Waals surface area (Å²) in [7, 11) is 0. The molecule has 1 aromatic heterocycles. The largest absolute Gasteiger partial charge is 0.394 e. The molecule has 0 saturated heterocycles. The van der Waals surface area contributed by atoms with Crippen molar-refractivity contribution in [3.63, 3.8) is 0 Å². The molecule has 1 heterocycles. The number of hydrogen-bond acceptors (Lipinski definition) is 4. The summed E-state index contributed by atoms with van der Waals surface area (Å²) >= 11 is 0. The Balaban J connectivity index is 2.96. The number of pyridine rings is 1. The van der Waals surface area contributed by atoms with Crippen molar-refractivity contribution < 1.29 is 5.11 Å². The SMILES string of the molecule is Cc1cc([C@@H](N)CO)cnc1N. The topological polar surface area (TPSA) is 85.2 Å². The van der Waals surface area contributed by atoms with Gasteiger partial charge in [0.1, 0.15) is 5.82 Å². The molecule has 0 aliphatic heterocycles. The number of nitrogens with zero attached hydrogens (tertiary/aromatic N) is 1. The summed E-state index contributed by atoms with van der Waals surface area (Å²) in [5.74, 6) is 0.504. The van der Waals surface area contributed by atoms with Gasteiger partial charge in [0, 0.05) is 6.20 Å². The van der Waals surface area contributed by atoms with Crippen LogP contribution in [0.4, 0.5) is 5.82 Å². The van der Waals surface area contributed by atoms with E-state index in [4.69, 9.17) is 16.6 Å². The van der Waals surface area contributed by atoms with E-state index in [0.29, 0.717) is 5.82 Å². The Hall–Kier alpha value is -1.13. The number of anilines is 1. The van der Waals surface area contributed by atoms with Gasteiger partial charge >= 0.3 is 0 Å². The van der Waals surface area contributed by atoms with Gasteiger partial charge in [-0.15, -0.1) is 0 Å². The summed E-state index contributed by atoms with van der Waals surface area (Å²) < 4.78 is 0. The minimum atomic E-state index is -0.364. The zero-order chi connectivity index (χ0) is 9.14. The van der Waals surface area contributed by atoms with Crippen LogP contribution in [0.15, 0.2) is 12.3 Å². The van der Waals surface area contributed by atoms with E-state index in [1.54, 1.807) is 6.20 Å². The van der Waals surface area contributed by atoms with Gasteiger partial charge < -0.3 is 16.6 Å². The van der Waals surface area contributed by atoms with Crippen molar-refractivity contribution in [1.29, 1.82) is 0 Å². The van der Waals surface area contributed by atoms with E-state index in [1.165, 1.54) is 0 Å². The Kier molecular flexibility index (Phi) is 2.62. The highest BCUT2D eigenvalue weighted by Gasteiger charge is 2.05. The van der Waals surface area contributed by atoms with Gasteiger partial charge in [0.05, 0.1) is 12.6 Å². The molecule has 1 atom stereocenters. The first-order chi connectivity index (χ1) is 5.65. The Morgan fingerprint density at radius 1 is 1.67 bits per heavy atom. The van der Waals surface area contributed by atoms with Gasteiger partial charge in [-0.05, 0) is 24.1 Å². The number of rotatable bonds is 2. The van der Waals surface area contributed by atoms with Crippen LogP contribution in [-0.2, 0) is 0 Å². The molecule has 0 spiro atoms. The summed E-state index contributed by atoms with van der Waals surface area (Å²) in [5, 5.41) is 8.76. The Morgan fingerprint density at radius 3 is 2.83 bits per heavy atom. The second-order valence-electron chi connectivity index (χ2n) is 2.76. The van der Waals surface area contributed by atoms with Crippen molar-refractivity contribution in [3.8, 4) is 0 Å². The van der Waals surface area contributed by atoms with Crippen LogP contribution in [0.5, 0.6) is 0 Å². The molecule has 0 aliphatic carbocycles. The minimum Gasteiger partial charge on any atom is -0.394 e. The van der Waals surface area contributed by atoms with Gasteiger partial charge in [-0.3, -0.25) is 0 Å². The summed E-state index contributed by atoms with van der Waals surface area (Å²) in [4.78, 5) is 3.93. The molecule has 4 nitrogen and oxygen atoms in total. The van der Waals surface area contributed by atoms with Crippen molar-refractivity contribution in [2.45, 2.75) is 13.0 Å². The third-order valence-corrected chi connectivity index (χ3v) is 1.76. The van der Waals surface area contributed by atoms with Crippen molar-refractivity contribution >= 4 is 5.82 Å². The number of aryl methyl sites for hydroxylation is 1. The monoisotopic (exact) mass is 167 g/mol. The van der Waals surface area contributed by atoms with Crippen molar-refractivity contribution in [2.24, 2.45) is 5.73 Å². The number of hydrogen-bond donors (Lipinski definition) is 3. The molecule has 0 amide bonds. The lowest BCUT2D eigenvalue weighted by Gasteiger charge is -2.09. The van der Waals surface area contributed by atoms with Gasteiger partial charge in [-0.1, -0.05) is 0 Å². The first-order valence-corrected chi connectivity index (χ1v) is 3.73. The quantitative estimate of drug-likeness (QED) is 0.577. The third-order valence-electron chi connectivity index (χ3n) is 1.76. The second kappa shape index (κ2) is 3.51. The summed E-state index contributed by atoms with van der Waals surface area (Å²) in [6.07, 6.45) is 1.59. The van der Waals surface area contributed by atoms with E-state index in [-0.39, 0.29) is 12.6 Å². The Morgan fingerprint density at radius 2 is 2.33 bits per heavy atom. The van der Waals surface area contributed by atoms with Gasteiger partial charge in [-0.25, -0.2) is 4.98 Å². The molecule has 5 N–H and O–H groups in total.